The minimum atomic E-state index is 0.502. The molecule has 4 rings (SSSR count). The summed E-state index contributed by atoms with van der Waals surface area (Å²) < 4.78 is 0.926. The lowest BCUT2D eigenvalue weighted by Gasteiger charge is -1.93. The maximum absolute atomic E-state index is 4.18. The third-order valence-electron chi connectivity index (χ3n) is 2.95. The first-order valence-electron chi connectivity index (χ1n) is 7.14. The lowest BCUT2D eigenvalue weighted by molar-refractivity contribution is 0.630. The Kier molecular flexibility index (Phi) is 5.14. The number of nitrogens with zero attached hydrogens (tertiary/aromatic N) is 9. The third-order valence-corrected chi connectivity index (χ3v) is 3.42. The van der Waals surface area contributed by atoms with E-state index in [9.17, 15) is 0 Å². The van der Waals surface area contributed by atoms with E-state index in [1.54, 1.807) is 19.4 Å². The van der Waals surface area contributed by atoms with Crippen LogP contribution in [0.2, 0.25) is 0 Å². The molecule has 0 aliphatic heterocycles. The monoisotopic (exact) mass is 400 g/mol. The topological polar surface area (TPSA) is 124 Å². The van der Waals surface area contributed by atoms with Crippen LogP contribution >= 0.6 is 15.9 Å². The van der Waals surface area contributed by atoms with E-state index in [1.807, 2.05) is 31.2 Å². The normalized spacial score (nSPS) is 10.2. The Balaban J connectivity index is 0.000000146. The molecule has 0 amide bonds. The highest BCUT2D eigenvalue weighted by molar-refractivity contribution is 9.10. The lowest BCUT2D eigenvalue weighted by atomic mass is 10.3. The standard InChI is InChI=1S/C8H9N5.C6H4BrN5/c1-6-3-4-7(9-5-6)8-10-12-13(2)11-8;7-4-1-2-5(8-3-4)6-9-11-12-10-6/h3-5H,1-2H3;1-3H,(H,9,10,11,12). The van der Waals surface area contributed by atoms with Crippen molar-refractivity contribution in [2.24, 2.45) is 7.05 Å². The molecule has 126 valence electrons. The molecule has 0 saturated heterocycles. The molecule has 0 unspecified atom stereocenters. The molecule has 0 radical (unpaired) electrons. The molecular formula is C14H13BrN10. The number of hydrogen-bond donors (Lipinski definition) is 1. The van der Waals surface area contributed by atoms with Gasteiger partial charge in [0.15, 0.2) is 0 Å². The number of hydrogen-bond acceptors (Lipinski definition) is 8. The fraction of sp³-hybridized carbons (Fsp3) is 0.143. The molecule has 25 heavy (non-hydrogen) atoms. The highest BCUT2D eigenvalue weighted by atomic mass is 79.9. The van der Waals surface area contributed by atoms with Gasteiger partial charge in [-0.2, -0.15) is 10.0 Å². The van der Waals surface area contributed by atoms with E-state index in [0.29, 0.717) is 17.3 Å². The van der Waals surface area contributed by atoms with Crippen LogP contribution in [0.15, 0.2) is 41.1 Å². The van der Waals surface area contributed by atoms with Crippen LogP contribution in [0.5, 0.6) is 0 Å². The Labute approximate surface area is 150 Å². The molecule has 11 heteroatoms. The number of aryl methyl sites for hydroxylation is 2. The van der Waals surface area contributed by atoms with Gasteiger partial charge in [0.25, 0.3) is 0 Å². The zero-order valence-corrected chi connectivity index (χ0v) is 15.0. The highest BCUT2D eigenvalue weighted by Crippen LogP contribution is 2.13. The number of rotatable bonds is 2. The molecule has 0 aromatic carbocycles. The van der Waals surface area contributed by atoms with Crippen LogP contribution in [-0.4, -0.2) is 50.8 Å². The zero-order valence-electron chi connectivity index (χ0n) is 13.4. The average molecular weight is 401 g/mol. The van der Waals surface area contributed by atoms with Crippen LogP contribution in [0, 0.1) is 6.92 Å². The van der Waals surface area contributed by atoms with Gasteiger partial charge in [0.05, 0.1) is 7.05 Å². The minimum absolute atomic E-state index is 0.502. The Morgan fingerprint density at radius 2 is 1.72 bits per heavy atom. The van der Waals surface area contributed by atoms with Crippen molar-refractivity contribution in [3.8, 4) is 23.0 Å². The van der Waals surface area contributed by atoms with Gasteiger partial charge < -0.3 is 0 Å². The van der Waals surface area contributed by atoms with Crippen LogP contribution in [0.3, 0.4) is 0 Å². The molecule has 0 atom stereocenters. The molecule has 0 fully saturated rings. The lowest BCUT2D eigenvalue weighted by Crippen LogP contribution is -1.92. The van der Waals surface area contributed by atoms with E-state index in [2.05, 4.69) is 61.9 Å². The summed E-state index contributed by atoms with van der Waals surface area (Å²) >= 11 is 3.28. The molecule has 0 saturated carbocycles. The van der Waals surface area contributed by atoms with Gasteiger partial charge in [0.1, 0.15) is 11.4 Å². The van der Waals surface area contributed by atoms with Gasteiger partial charge in [0.2, 0.25) is 11.6 Å². The van der Waals surface area contributed by atoms with Gasteiger partial charge in [-0.15, -0.1) is 20.4 Å². The number of halogens is 1. The van der Waals surface area contributed by atoms with Crippen molar-refractivity contribution < 1.29 is 0 Å². The second-order valence-corrected chi connectivity index (χ2v) is 5.84. The highest BCUT2D eigenvalue weighted by Gasteiger charge is 2.04. The number of pyridine rings is 2. The van der Waals surface area contributed by atoms with Crippen molar-refractivity contribution in [2.75, 3.05) is 0 Å². The number of tetrazole rings is 2. The molecular weight excluding hydrogens is 388 g/mol. The zero-order chi connectivity index (χ0) is 17.6. The quantitative estimate of drug-likeness (QED) is 0.537. The maximum Gasteiger partial charge on any atom is 0.223 e. The van der Waals surface area contributed by atoms with Crippen LogP contribution in [-0.2, 0) is 7.05 Å². The predicted molar refractivity (Wildman–Crippen MR) is 91.9 cm³/mol. The van der Waals surface area contributed by atoms with Gasteiger partial charge >= 0.3 is 0 Å². The van der Waals surface area contributed by atoms with Crippen molar-refractivity contribution >= 4 is 15.9 Å². The molecule has 10 nitrogen and oxygen atoms in total. The number of nitrogens with one attached hydrogen (secondary N) is 1. The first kappa shape index (κ1) is 16.8. The summed E-state index contributed by atoms with van der Waals surface area (Å²) in [5.74, 6) is 1.06. The smallest absolute Gasteiger partial charge is 0.223 e. The molecule has 4 heterocycles. The fourth-order valence-corrected chi connectivity index (χ4v) is 2.00. The Morgan fingerprint density at radius 1 is 0.960 bits per heavy atom. The van der Waals surface area contributed by atoms with Crippen molar-refractivity contribution in [1.82, 2.24) is 50.8 Å². The number of aromatic nitrogens is 10. The van der Waals surface area contributed by atoms with Crippen molar-refractivity contribution in [3.05, 3.63) is 46.7 Å². The van der Waals surface area contributed by atoms with E-state index in [-0.39, 0.29) is 0 Å². The molecule has 0 aliphatic rings. The summed E-state index contributed by atoms with van der Waals surface area (Å²) in [4.78, 5) is 9.69. The summed E-state index contributed by atoms with van der Waals surface area (Å²) in [5, 5.41) is 25.0. The Hall–Kier alpha value is -3.08. The second-order valence-electron chi connectivity index (χ2n) is 4.92. The Bertz CT molecular complexity index is 915. The molecule has 0 aliphatic carbocycles. The van der Waals surface area contributed by atoms with Gasteiger partial charge in [-0.25, -0.2) is 0 Å². The van der Waals surface area contributed by atoms with Crippen molar-refractivity contribution in [3.63, 3.8) is 0 Å². The summed E-state index contributed by atoms with van der Waals surface area (Å²) in [5.41, 5.74) is 2.57. The van der Waals surface area contributed by atoms with E-state index in [0.717, 1.165) is 15.7 Å². The van der Waals surface area contributed by atoms with Gasteiger partial charge in [-0.1, -0.05) is 6.07 Å². The second kappa shape index (κ2) is 7.66. The maximum atomic E-state index is 4.18. The van der Waals surface area contributed by atoms with Gasteiger partial charge in [-0.05, 0) is 57.0 Å². The van der Waals surface area contributed by atoms with E-state index < -0.39 is 0 Å². The summed E-state index contributed by atoms with van der Waals surface area (Å²) in [6.07, 6.45) is 3.47. The predicted octanol–water partition coefficient (Wildman–Crippen LogP) is 1.60. The van der Waals surface area contributed by atoms with Crippen LogP contribution < -0.4 is 0 Å². The van der Waals surface area contributed by atoms with E-state index in [1.165, 1.54) is 4.80 Å². The largest absolute Gasteiger partial charge is 0.252 e. The minimum Gasteiger partial charge on any atom is -0.252 e. The molecule has 4 aromatic rings. The summed E-state index contributed by atoms with van der Waals surface area (Å²) in [6, 6.07) is 7.54. The Morgan fingerprint density at radius 3 is 2.28 bits per heavy atom. The van der Waals surface area contributed by atoms with Crippen molar-refractivity contribution in [1.29, 1.82) is 0 Å². The molecule has 1 N–H and O–H groups in total. The van der Waals surface area contributed by atoms with Crippen LogP contribution in [0.4, 0.5) is 0 Å². The number of H-pyrrole nitrogens is 1. The third kappa shape index (κ3) is 4.47. The van der Waals surface area contributed by atoms with E-state index in [4.69, 9.17) is 0 Å². The molecule has 0 bridgehead atoms. The molecule has 0 spiro atoms. The van der Waals surface area contributed by atoms with E-state index >= 15 is 0 Å². The average Bonchev–Trinajstić information content (AvgIpc) is 3.29. The van der Waals surface area contributed by atoms with Gasteiger partial charge in [0, 0.05) is 16.9 Å². The van der Waals surface area contributed by atoms with Crippen LogP contribution in [0.25, 0.3) is 23.0 Å². The summed E-state index contributed by atoms with van der Waals surface area (Å²) in [6.45, 7) is 1.99. The van der Waals surface area contributed by atoms with Crippen molar-refractivity contribution in [2.45, 2.75) is 6.92 Å². The molecule has 4 aromatic heterocycles. The first-order valence-corrected chi connectivity index (χ1v) is 7.93. The first-order chi connectivity index (χ1) is 12.1. The SMILES string of the molecule is Brc1ccc(-c2nn[nH]n2)nc1.Cc1ccc(-c2nnn(C)n2)nc1. The van der Waals surface area contributed by atoms with Gasteiger partial charge in [-0.3, -0.25) is 9.97 Å². The summed E-state index contributed by atoms with van der Waals surface area (Å²) in [7, 11) is 1.73. The van der Waals surface area contributed by atoms with Crippen LogP contribution in [0.1, 0.15) is 5.56 Å². The number of aromatic amines is 1. The fourth-order valence-electron chi connectivity index (χ4n) is 1.77.